The van der Waals surface area contributed by atoms with Gasteiger partial charge in [-0.3, -0.25) is 14.4 Å². The number of hydrogen-bond donors (Lipinski definition) is 4. The summed E-state index contributed by atoms with van der Waals surface area (Å²) >= 11 is 0. The number of carboxylic acid groups (broad SMARTS) is 1. The summed E-state index contributed by atoms with van der Waals surface area (Å²) in [6.45, 7) is 3.89. The van der Waals surface area contributed by atoms with E-state index in [-0.39, 0.29) is 55.0 Å². The van der Waals surface area contributed by atoms with Crippen molar-refractivity contribution >= 4 is 33.5 Å². The second kappa shape index (κ2) is 17.3. The molecule has 0 saturated carbocycles. The number of nitrogens with one attached hydrogen (secondary N) is 2. The van der Waals surface area contributed by atoms with Crippen molar-refractivity contribution in [2.75, 3.05) is 25.9 Å². The van der Waals surface area contributed by atoms with Gasteiger partial charge in [0.2, 0.25) is 21.8 Å². The molecule has 0 aliphatic rings. The first-order valence-corrected chi connectivity index (χ1v) is 16.7. The molecular weight excluding hydrogens is 608 g/mol. The molecule has 0 spiro atoms. The Morgan fingerprint density at radius 2 is 1.57 bits per heavy atom. The van der Waals surface area contributed by atoms with Crippen LogP contribution in [0.3, 0.4) is 0 Å². The maximum absolute atomic E-state index is 13.5. The largest absolute Gasteiger partial charge is 0.497 e. The summed E-state index contributed by atoms with van der Waals surface area (Å²) in [7, 11) is -2.55. The predicted octanol–water partition coefficient (Wildman–Crippen LogP) is 3.63. The molecule has 0 aliphatic carbocycles. The van der Waals surface area contributed by atoms with E-state index in [2.05, 4.69) is 10.6 Å². The van der Waals surface area contributed by atoms with E-state index < -0.39 is 28.1 Å². The molecule has 46 heavy (non-hydrogen) atoms. The van der Waals surface area contributed by atoms with Crippen LogP contribution in [-0.4, -0.2) is 67.9 Å². The van der Waals surface area contributed by atoms with E-state index >= 15 is 0 Å². The standard InChI is InChI=1S/C34H44N4O7S/c1-24(2)23-38(46(43,44)29-18-14-27(35)15-19-29)31(34(41)42)11-7-8-20-36-33(40)30(21-25-9-5-4-6-10-25)37-32(39)22-26-12-16-28(45-3)17-13-26/h4-6,9-10,12-19,24,30-31H,7-8,11,20-23,35H2,1-3H3,(H,36,40)(H,37,39)(H,41,42)/t30-,31-/m0/s1. The Bertz CT molecular complexity index is 1530. The van der Waals surface area contributed by atoms with Crippen LogP contribution >= 0.6 is 0 Å². The monoisotopic (exact) mass is 652 g/mol. The number of anilines is 1. The number of nitrogens with two attached hydrogens (primary N) is 1. The van der Waals surface area contributed by atoms with Crippen molar-refractivity contribution < 1.29 is 32.6 Å². The summed E-state index contributed by atoms with van der Waals surface area (Å²) in [4.78, 5) is 38.4. The molecule has 0 aliphatic heterocycles. The molecule has 11 nitrogen and oxygen atoms in total. The number of benzene rings is 3. The lowest BCUT2D eigenvalue weighted by molar-refractivity contribution is -0.142. The topological polar surface area (TPSA) is 168 Å². The number of amides is 2. The van der Waals surface area contributed by atoms with Gasteiger partial charge in [-0.05, 0) is 72.7 Å². The van der Waals surface area contributed by atoms with Gasteiger partial charge in [-0.2, -0.15) is 4.31 Å². The van der Waals surface area contributed by atoms with Gasteiger partial charge < -0.3 is 26.2 Å². The van der Waals surface area contributed by atoms with E-state index in [9.17, 15) is 27.9 Å². The average molecular weight is 653 g/mol. The Kier molecular flexibility index (Phi) is 13.6. The van der Waals surface area contributed by atoms with Gasteiger partial charge in [0.15, 0.2) is 0 Å². The Balaban J connectivity index is 1.62. The van der Waals surface area contributed by atoms with Crippen molar-refractivity contribution in [3.05, 3.63) is 90.0 Å². The fourth-order valence-corrected chi connectivity index (χ4v) is 6.73. The van der Waals surface area contributed by atoms with E-state index in [4.69, 9.17) is 10.5 Å². The summed E-state index contributed by atoms with van der Waals surface area (Å²) in [5, 5.41) is 15.7. The van der Waals surface area contributed by atoms with Gasteiger partial charge in [-0.25, -0.2) is 8.42 Å². The molecular formula is C34H44N4O7S. The Morgan fingerprint density at radius 1 is 0.913 bits per heavy atom. The van der Waals surface area contributed by atoms with Crippen LogP contribution in [0.4, 0.5) is 5.69 Å². The lowest BCUT2D eigenvalue weighted by atomic mass is 10.0. The first-order chi connectivity index (χ1) is 21.9. The smallest absolute Gasteiger partial charge is 0.322 e. The van der Waals surface area contributed by atoms with E-state index in [0.29, 0.717) is 24.3 Å². The third kappa shape index (κ3) is 10.9. The molecule has 0 saturated heterocycles. The minimum Gasteiger partial charge on any atom is -0.497 e. The Hall–Kier alpha value is -4.42. The number of ether oxygens (including phenoxy) is 1. The molecule has 0 fully saturated rings. The molecule has 0 aromatic heterocycles. The van der Waals surface area contributed by atoms with Gasteiger partial charge in [0.05, 0.1) is 18.4 Å². The highest BCUT2D eigenvalue weighted by molar-refractivity contribution is 7.89. The summed E-state index contributed by atoms with van der Waals surface area (Å²) in [6.07, 6.45) is 1.18. The van der Waals surface area contributed by atoms with Gasteiger partial charge in [0, 0.05) is 25.2 Å². The number of methoxy groups -OCH3 is 1. The van der Waals surface area contributed by atoms with Gasteiger partial charge >= 0.3 is 5.97 Å². The maximum atomic E-state index is 13.5. The van der Waals surface area contributed by atoms with Gasteiger partial charge in [0.25, 0.3) is 0 Å². The van der Waals surface area contributed by atoms with Crippen LogP contribution in [0.2, 0.25) is 0 Å². The van der Waals surface area contributed by atoms with Crippen LogP contribution in [0.5, 0.6) is 5.75 Å². The van der Waals surface area contributed by atoms with Crippen LogP contribution in [0.15, 0.2) is 83.8 Å². The predicted molar refractivity (Wildman–Crippen MR) is 177 cm³/mol. The third-order valence-electron chi connectivity index (χ3n) is 7.33. The fourth-order valence-electron chi connectivity index (χ4n) is 4.95. The van der Waals surface area contributed by atoms with Crippen LogP contribution in [0, 0.1) is 5.92 Å². The number of hydrogen-bond acceptors (Lipinski definition) is 7. The van der Waals surface area contributed by atoms with Gasteiger partial charge in [-0.15, -0.1) is 0 Å². The molecule has 5 N–H and O–H groups in total. The minimum absolute atomic E-state index is 0.0256. The van der Waals surface area contributed by atoms with Gasteiger partial charge in [0.1, 0.15) is 17.8 Å². The number of nitrogen functional groups attached to an aromatic ring is 1. The normalized spacial score (nSPS) is 12.8. The van der Waals surface area contributed by atoms with Crippen LogP contribution < -0.4 is 21.1 Å². The van der Waals surface area contributed by atoms with Crippen molar-refractivity contribution in [3.8, 4) is 5.75 Å². The molecule has 3 aromatic carbocycles. The van der Waals surface area contributed by atoms with Crippen molar-refractivity contribution in [2.45, 2.75) is 62.9 Å². The Labute approximate surface area is 271 Å². The summed E-state index contributed by atoms with van der Waals surface area (Å²) < 4.78 is 33.2. The molecule has 2 atom stereocenters. The summed E-state index contributed by atoms with van der Waals surface area (Å²) in [5.74, 6) is -1.36. The zero-order valence-corrected chi connectivity index (χ0v) is 27.3. The molecule has 248 valence electrons. The zero-order valence-electron chi connectivity index (χ0n) is 26.5. The molecule has 12 heteroatoms. The first-order valence-electron chi connectivity index (χ1n) is 15.2. The maximum Gasteiger partial charge on any atom is 0.322 e. The highest BCUT2D eigenvalue weighted by Gasteiger charge is 2.36. The molecule has 0 heterocycles. The molecule has 0 radical (unpaired) electrons. The summed E-state index contributed by atoms with van der Waals surface area (Å²) in [5.41, 5.74) is 7.76. The second-order valence-electron chi connectivity index (χ2n) is 11.5. The number of carboxylic acids is 1. The van der Waals surface area contributed by atoms with Crippen molar-refractivity contribution in [1.82, 2.24) is 14.9 Å². The number of sulfonamides is 1. The molecule has 2 amide bonds. The van der Waals surface area contributed by atoms with Gasteiger partial charge in [-0.1, -0.05) is 56.3 Å². The van der Waals surface area contributed by atoms with Crippen molar-refractivity contribution in [2.24, 2.45) is 5.92 Å². The number of unbranched alkanes of at least 4 members (excludes halogenated alkanes) is 1. The number of rotatable bonds is 18. The second-order valence-corrected chi connectivity index (χ2v) is 13.4. The SMILES string of the molecule is COc1ccc(CC(=O)N[C@@H](Cc2ccccc2)C(=O)NCCCC[C@@H](C(=O)O)N(CC(C)C)S(=O)(=O)c2ccc(N)cc2)cc1. The zero-order chi connectivity index (χ0) is 33.7. The Morgan fingerprint density at radius 3 is 2.15 bits per heavy atom. The molecule has 0 bridgehead atoms. The van der Waals surface area contributed by atoms with Crippen LogP contribution in [-0.2, 0) is 37.2 Å². The van der Waals surface area contributed by atoms with E-state index in [0.717, 1.165) is 15.4 Å². The number of carbonyl (C=O) groups is 3. The summed E-state index contributed by atoms with van der Waals surface area (Å²) in [6, 6.07) is 20.0. The highest BCUT2D eigenvalue weighted by atomic mass is 32.2. The first kappa shape index (κ1) is 36.1. The molecule has 3 aromatic rings. The lowest BCUT2D eigenvalue weighted by Crippen LogP contribution is -2.48. The number of nitrogens with zero attached hydrogens (tertiary/aromatic N) is 1. The van der Waals surface area contributed by atoms with Crippen molar-refractivity contribution in [3.63, 3.8) is 0 Å². The third-order valence-corrected chi connectivity index (χ3v) is 9.22. The quantitative estimate of drug-likeness (QED) is 0.119. The van der Waals surface area contributed by atoms with E-state index in [1.54, 1.807) is 31.4 Å². The fraction of sp³-hybridized carbons (Fsp3) is 0.382. The van der Waals surface area contributed by atoms with E-state index in [1.807, 2.05) is 44.2 Å². The van der Waals surface area contributed by atoms with Crippen LogP contribution in [0.1, 0.15) is 44.2 Å². The lowest BCUT2D eigenvalue weighted by Gasteiger charge is -2.29. The van der Waals surface area contributed by atoms with Crippen LogP contribution in [0.25, 0.3) is 0 Å². The number of carbonyl (C=O) groups excluding carboxylic acids is 2. The molecule has 0 unspecified atom stereocenters. The molecule has 3 rings (SSSR count). The highest BCUT2D eigenvalue weighted by Crippen LogP contribution is 2.24. The van der Waals surface area contributed by atoms with Crippen molar-refractivity contribution in [1.29, 1.82) is 0 Å². The average Bonchev–Trinajstić information content (AvgIpc) is 3.02. The number of aliphatic carboxylic acids is 1. The minimum atomic E-state index is -4.11. The van der Waals surface area contributed by atoms with E-state index in [1.165, 1.54) is 24.3 Å².